The molecule has 82 valence electrons. The van der Waals surface area contributed by atoms with E-state index < -0.39 is 0 Å². The minimum absolute atomic E-state index is 0.530. The average Bonchev–Trinajstić information content (AvgIpc) is 2.33. The molecule has 0 atom stereocenters. The van der Waals surface area contributed by atoms with Gasteiger partial charge in [0.1, 0.15) is 10.1 Å². The average molecular weight is 231 g/mol. The Morgan fingerprint density at radius 1 is 1.31 bits per heavy atom. The topological polar surface area (TPSA) is 51.8 Å². The van der Waals surface area contributed by atoms with Gasteiger partial charge in [0.15, 0.2) is 0 Å². The van der Waals surface area contributed by atoms with E-state index in [1.165, 1.54) is 0 Å². The van der Waals surface area contributed by atoms with E-state index in [1.54, 1.807) is 18.0 Å². The fourth-order valence-electron chi connectivity index (χ4n) is 1.35. The Labute approximate surface area is 99.1 Å². The first-order chi connectivity index (χ1) is 7.79. The molecule has 2 aromatic heterocycles. The molecule has 0 aliphatic rings. The Balaban J connectivity index is 2.22. The number of aryl methyl sites for hydroxylation is 1. The lowest BCUT2D eigenvalue weighted by molar-refractivity contribution is 0.985. The zero-order valence-corrected chi connectivity index (χ0v) is 9.87. The van der Waals surface area contributed by atoms with Crippen molar-refractivity contribution in [3.63, 3.8) is 0 Å². The molecule has 0 spiro atoms. The lowest BCUT2D eigenvalue weighted by Gasteiger charge is -2.05. The summed E-state index contributed by atoms with van der Waals surface area (Å²) in [6.45, 7) is 2.57. The van der Waals surface area contributed by atoms with Crippen LogP contribution >= 0.6 is 11.8 Å². The molecule has 0 amide bonds. The van der Waals surface area contributed by atoms with E-state index in [2.05, 4.69) is 16.0 Å². The number of nitrogens with zero attached hydrogens (tertiary/aromatic N) is 2. The highest BCUT2D eigenvalue weighted by atomic mass is 32.2. The highest BCUT2D eigenvalue weighted by Crippen LogP contribution is 2.26. The van der Waals surface area contributed by atoms with Crippen LogP contribution in [0.4, 0.5) is 0 Å². The molecule has 2 heterocycles. The number of nitrogens with two attached hydrogens (primary N) is 1. The third kappa shape index (κ3) is 2.59. The van der Waals surface area contributed by atoms with Gasteiger partial charge in [0.05, 0.1) is 0 Å². The Morgan fingerprint density at radius 3 is 2.81 bits per heavy atom. The SMILES string of the molecule is Cc1cc(CN)cnc1Sc1ccccn1. The second-order valence-electron chi connectivity index (χ2n) is 3.44. The first kappa shape index (κ1) is 11.1. The van der Waals surface area contributed by atoms with Crippen molar-refractivity contribution in [2.75, 3.05) is 0 Å². The van der Waals surface area contributed by atoms with Crippen molar-refractivity contribution in [1.82, 2.24) is 9.97 Å². The van der Waals surface area contributed by atoms with Gasteiger partial charge in [0.2, 0.25) is 0 Å². The van der Waals surface area contributed by atoms with Gasteiger partial charge in [0.25, 0.3) is 0 Å². The van der Waals surface area contributed by atoms with Gasteiger partial charge in [-0.1, -0.05) is 12.1 Å². The van der Waals surface area contributed by atoms with Crippen LogP contribution in [0.25, 0.3) is 0 Å². The van der Waals surface area contributed by atoms with Crippen molar-refractivity contribution in [1.29, 1.82) is 0 Å². The lowest BCUT2D eigenvalue weighted by atomic mass is 10.2. The minimum Gasteiger partial charge on any atom is -0.326 e. The van der Waals surface area contributed by atoms with Crippen LogP contribution in [0.3, 0.4) is 0 Å². The van der Waals surface area contributed by atoms with Gasteiger partial charge in [-0.2, -0.15) is 0 Å². The highest BCUT2D eigenvalue weighted by molar-refractivity contribution is 7.99. The van der Waals surface area contributed by atoms with Crippen LogP contribution in [0.1, 0.15) is 11.1 Å². The number of pyridine rings is 2. The fraction of sp³-hybridized carbons (Fsp3) is 0.167. The molecule has 0 saturated heterocycles. The molecule has 0 radical (unpaired) electrons. The Bertz CT molecular complexity index is 471. The molecule has 2 aromatic rings. The Morgan fingerprint density at radius 2 is 2.19 bits per heavy atom. The van der Waals surface area contributed by atoms with E-state index in [1.807, 2.05) is 31.3 Å². The Hall–Kier alpha value is -1.39. The molecule has 2 rings (SSSR count). The molecular weight excluding hydrogens is 218 g/mol. The molecule has 0 aliphatic heterocycles. The van der Waals surface area contributed by atoms with Crippen molar-refractivity contribution < 1.29 is 0 Å². The zero-order valence-electron chi connectivity index (χ0n) is 9.05. The second kappa shape index (κ2) is 5.09. The first-order valence-electron chi connectivity index (χ1n) is 5.04. The molecule has 0 bridgehead atoms. The minimum atomic E-state index is 0.530. The van der Waals surface area contributed by atoms with Gasteiger partial charge in [-0.15, -0.1) is 0 Å². The monoisotopic (exact) mass is 231 g/mol. The van der Waals surface area contributed by atoms with Crippen LogP contribution < -0.4 is 5.73 Å². The summed E-state index contributed by atoms with van der Waals surface area (Å²) in [5.41, 5.74) is 7.76. The van der Waals surface area contributed by atoms with Gasteiger partial charge >= 0.3 is 0 Å². The normalized spacial score (nSPS) is 10.4. The van der Waals surface area contributed by atoms with Gasteiger partial charge in [-0.05, 0) is 41.9 Å². The molecule has 0 saturated carbocycles. The predicted octanol–water partition coefficient (Wildman–Crippen LogP) is 2.39. The number of hydrogen-bond acceptors (Lipinski definition) is 4. The quantitative estimate of drug-likeness (QED) is 0.881. The maximum absolute atomic E-state index is 5.56. The van der Waals surface area contributed by atoms with Crippen LogP contribution in [-0.2, 0) is 6.54 Å². The van der Waals surface area contributed by atoms with Crippen LogP contribution in [0.2, 0.25) is 0 Å². The summed E-state index contributed by atoms with van der Waals surface area (Å²) in [6, 6.07) is 7.92. The summed E-state index contributed by atoms with van der Waals surface area (Å²) < 4.78 is 0. The first-order valence-corrected chi connectivity index (χ1v) is 5.85. The third-order valence-corrected chi connectivity index (χ3v) is 3.23. The van der Waals surface area contributed by atoms with Crippen molar-refractivity contribution in [3.05, 3.63) is 47.8 Å². The van der Waals surface area contributed by atoms with E-state index in [0.29, 0.717) is 6.54 Å². The summed E-state index contributed by atoms with van der Waals surface area (Å²) >= 11 is 1.57. The van der Waals surface area contributed by atoms with Gasteiger partial charge in [-0.3, -0.25) is 0 Å². The molecule has 2 N–H and O–H groups in total. The maximum Gasteiger partial charge on any atom is 0.105 e. The van der Waals surface area contributed by atoms with E-state index >= 15 is 0 Å². The molecule has 3 nitrogen and oxygen atoms in total. The van der Waals surface area contributed by atoms with Crippen molar-refractivity contribution in [2.24, 2.45) is 5.73 Å². The van der Waals surface area contributed by atoms with Crippen molar-refractivity contribution in [3.8, 4) is 0 Å². The van der Waals surface area contributed by atoms with Crippen LogP contribution in [0, 0.1) is 6.92 Å². The number of aromatic nitrogens is 2. The van der Waals surface area contributed by atoms with Crippen LogP contribution in [0.15, 0.2) is 46.7 Å². The van der Waals surface area contributed by atoms with E-state index in [-0.39, 0.29) is 0 Å². The third-order valence-electron chi connectivity index (χ3n) is 2.16. The summed E-state index contributed by atoms with van der Waals surface area (Å²) in [7, 11) is 0. The van der Waals surface area contributed by atoms with Crippen LogP contribution in [0.5, 0.6) is 0 Å². The van der Waals surface area contributed by atoms with Gasteiger partial charge in [-0.25, -0.2) is 9.97 Å². The van der Waals surface area contributed by atoms with E-state index in [9.17, 15) is 0 Å². The smallest absolute Gasteiger partial charge is 0.105 e. The largest absolute Gasteiger partial charge is 0.326 e. The van der Waals surface area contributed by atoms with Crippen molar-refractivity contribution in [2.45, 2.75) is 23.5 Å². The van der Waals surface area contributed by atoms with E-state index in [4.69, 9.17) is 5.73 Å². The van der Waals surface area contributed by atoms with E-state index in [0.717, 1.165) is 21.2 Å². The summed E-state index contributed by atoms with van der Waals surface area (Å²) in [5, 5.41) is 1.94. The predicted molar refractivity (Wildman–Crippen MR) is 65.2 cm³/mol. The maximum atomic E-state index is 5.56. The highest BCUT2D eigenvalue weighted by Gasteiger charge is 2.04. The van der Waals surface area contributed by atoms with Gasteiger partial charge < -0.3 is 5.73 Å². The number of rotatable bonds is 3. The summed E-state index contributed by atoms with van der Waals surface area (Å²) in [6.07, 6.45) is 3.60. The second-order valence-corrected chi connectivity index (χ2v) is 4.45. The van der Waals surface area contributed by atoms with Crippen molar-refractivity contribution >= 4 is 11.8 Å². The molecule has 0 aromatic carbocycles. The lowest BCUT2D eigenvalue weighted by Crippen LogP contribution is -1.98. The standard InChI is InChI=1S/C12H13N3S/c1-9-6-10(7-13)8-15-12(9)16-11-4-2-3-5-14-11/h2-6,8H,7,13H2,1H3. The summed E-state index contributed by atoms with van der Waals surface area (Å²) in [4.78, 5) is 8.64. The number of hydrogen-bond donors (Lipinski definition) is 1. The Kier molecular flexibility index (Phi) is 3.54. The van der Waals surface area contributed by atoms with Gasteiger partial charge in [0, 0.05) is 18.9 Å². The molecule has 4 heteroatoms. The molecule has 0 unspecified atom stereocenters. The summed E-state index contributed by atoms with van der Waals surface area (Å²) in [5.74, 6) is 0. The molecule has 0 fully saturated rings. The molecule has 16 heavy (non-hydrogen) atoms. The molecule has 0 aliphatic carbocycles. The molecular formula is C12H13N3S. The zero-order chi connectivity index (χ0) is 11.4. The fourth-order valence-corrected chi connectivity index (χ4v) is 2.13. The van der Waals surface area contributed by atoms with Crippen LogP contribution in [-0.4, -0.2) is 9.97 Å².